The Labute approximate surface area is 118 Å². The van der Waals surface area contributed by atoms with Gasteiger partial charge in [-0.25, -0.2) is 4.98 Å². The van der Waals surface area contributed by atoms with Crippen LogP contribution in [0.4, 0.5) is 0 Å². The van der Waals surface area contributed by atoms with E-state index in [1.54, 1.807) is 0 Å². The largest absolute Gasteiger partial charge is 0.343 e. The topological polar surface area (TPSA) is 51.3 Å². The average Bonchev–Trinajstić information content (AvgIpc) is 2.37. The summed E-state index contributed by atoms with van der Waals surface area (Å²) in [6, 6.07) is 12.0. The van der Waals surface area contributed by atoms with Crippen molar-refractivity contribution in [3.8, 4) is 0 Å². The zero-order valence-electron chi connectivity index (χ0n) is 11.3. The molecule has 0 fully saturated rings. The first-order chi connectivity index (χ1) is 8.90. The molecule has 0 radical (unpaired) electrons. The number of quaternary nitrogens is 1. The van der Waals surface area contributed by atoms with Crippen LogP contribution in [-0.2, 0) is 0 Å². The summed E-state index contributed by atoms with van der Waals surface area (Å²) < 4.78 is 0.121. The maximum absolute atomic E-state index is 5.66. The molecule has 1 heterocycles. The molecular formula is C14H17N4S+. The van der Waals surface area contributed by atoms with Crippen molar-refractivity contribution in [3.63, 3.8) is 0 Å². The van der Waals surface area contributed by atoms with Crippen LogP contribution in [-0.4, -0.2) is 34.5 Å². The quantitative estimate of drug-likeness (QED) is 0.395. The molecule has 1 aromatic carbocycles. The number of fused-ring (bicyclic) bond motifs is 1. The predicted molar refractivity (Wildman–Crippen MR) is 82.8 cm³/mol. The van der Waals surface area contributed by atoms with Crippen LogP contribution < -0.4 is 5.73 Å². The molecule has 5 heteroatoms. The highest BCUT2D eigenvalue weighted by atomic mass is 32.1. The van der Waals surface area contributed by atoms with Crippen LogP contribution in [0.15, 0.2) is 41.5 Å². The highest BCUT2D eigenvalue weighted by molar-refractivity contribution is 7.79. The first kappa shape index (κ1) is 13.6. The number of aromatic nitrogens is 1. The summed E-state index contributed by atoms with van der Waals surface area (Å²) in [5.74, 6) is 0. The molecule has 0 spiro atoms. The number of nitrogens with zero attached hydrogens (tertiary/aromatic N) is 3. The van der Waals surface area contributed by atoms with Crippen LogP contribution in [0.3, 0.4) is 0 Å². The second-order valence-electron chi connectivity index (χ2n) is 4.81. The van der Waals surface area contributed by atoms with Crippen LogP contribution in [0.2, 0.25) is 0 Å². The van der Waals surface area contributed by atoms with Crippen LogP contribution in [0, 0.1) is 0 Å². The predicted octanol–water partition coefficient (Wildman–Crippen LogP) is 2.28. The van der Waals surface area contributed by atoms with Gasteiger partial charge in [0.05, 0.1) is 25.3 Å². The minimum absolute atomic E-state index is 0.121. The second kappa shape index (κ2) is 5.03. The molecule has 4 nitrogen and oxygen atoms in total. The van der Waals surface area contributed by atoms with E-state index in [1.165, 1.54) is 0 Å². The summed E-state index contributed by atoms with van der Waals surface area (Å²) in [7, 11) is 3.68. The molecule has 2 aromatic rings. The van der Waals surface area contributed by atoms with E-state index in [-0.39, 0.29) is 4.59 Å². The lowest BCUT2D eigenvalue weighted by molar-refractivity contribution is -0.804. The number of thiocarbonyl (C=S) groups is 1. The molecule has 2 N–H and O–H groups in total. The van der Waals surface area contributed by atoms with Gasteiger partial charge in [-0.05, 0) is 19.1 Å². The third-order valence-corrected chi connectivity index (χ3v) is 3.36. The van der Waals surface area contributed by atoms with Gasteiger partial charge in [-0.3, -0.25) is 0 Å². The Balaban J connectivity index is 2.44. The van der Waals surface area contributed by atoms with E-state index in [1.807, 2.05) is 57.4 Å². The lowest BCUT2D eigenvalue weighted by atomic mass is 10.2. The minimum atomic E-state index is 0.121. The summed E-state index contributed by atoms with van der Waals surface area (Å²) in [6.45, 7) is 1.91. The van der Waals surface area contributed by atoms with Crippen molar-refractivity contribution >= 4 is 33.9 Å². The summed E-state index contributed by atoms with van der Waals surface area (Å²) in [5, 5.41) is 5.94. The molecular weight excluding hydrogens is 256 g/mol. The molecule has 0 amide bonds. The summed E-state index contributed by atoms with van der Waals surface area (Å²) in [5.41, 5.74) is 8.26. The van der Waals surface area contributed by atoms with Gasteiger partial charge in [0.2, 0.25) is 0 Å². The van der Waals surface area contributed by atoms with Gasteiger partial charge in [-0.15, -0.1) is 4.59 Å². The zero-order chi connectivity index (χ0) is 14.0. The van der Waals surface area contributed by atoms with Crippen molar-refractivity contribution in [3.05, 3.63) is 42.1 Å². The molecule has 0 aliphatic rings. The van der Waals surface area contributed by atoms with Gasteiger partial charge in [0, 0.05) is 17.6 Å². The summed E-state index contributed by atoms with van der Waals surface area (Å²) >= 11 is 5.00. The van der Waals surface area contributed by atoms with Gasteiger partial charge in [0.25, 0.3) is 5.11 Å². The highest BCUT2D eigenvalue weighted by Gasteiger charge is 2.20. The fourth-order valence-electron chi connectivity index (χ4n) is 1.74. The van der Waals surface area contributed by atoms with Gasteiger partial charge in [0.1, 0.15) is 5.71 Å². The Bertz CT molecular complexity index is 661. The molecule has 19 heavy (non-hydrogen) atoms. The Hall–Kier alpha value is -1.85. The second-order valence-corrected chi connectivity index (χ2v) is 5.23. The van der Waals surface area contributed by atoms with Crippen molar-refractivity contribution in [2.45, 2.75) is 6.92 Å². The Morgan fingerprint density at radius 3 is 2.58 bits per heavy atom. The molecule has 2 rings (SSSR count). The van der Waals surface area contributed by atoms with Crippen molar-refractivity contribution in [2.75, 3.05) is 14.1 Å². The SMILES string of the molecule is C/C(=N/[N+](C)(C)C(N)=S)c1ccc2ccccc2n1. The average molecular weight is 273 g/mol. The summed E-state index contributed by atoms with van der Waals surface area (Å²) in [6.07, 6.45) is 0. The maximum atomic E-state index is 5.66. The monoisotopic (exact) mass is 273 g/mol. The van der Waals surface area contributed by atoms with E-state index in [4.69, 9.17) is 18.0 Å². The van der Waals surface area contributed by atoms with Crippen molar-refractivity contribution in [1.82, 2.24) is 4.98 Å². The molecule has 1 aromatic heterocycles. The van der Waals surface area contributed by atoms with Gasteiger partial charge in [-0.1, -0.05) is 29.4 Å². The van der Waals surface area contributed by atoms with E-state index < -0.39 is 0 Å². The maximum Gasteiger partial charge on any atom is 0.293 e. The molecule has 0 aliphatic heterocycles. The Morgan fingerprint density at radius 1 is 1.21 bits per heavy atom. The summed E-state index contributed by atoms with van der Waals surface area (Å²) in [4.78, 5) is 4.59. The molecule has 0 saturated carbocycles. The molecule has 0 saturated heterocycles. The molecule has 0 unspecified atom stereocenters. The van der Waals surface area contributed by atoms with Crippen LogP contribution in [0.1, 0.15) is 12.6 Å². The lowest BCUT2D eigenvalue weighted by Gasteiger charge is -2.19. The van der Waals surface area contributed by atoms with Gasteiger partial charge in [-0.2, -0.15) is 0 Å². The van der Waals surface area contributed by atoms with Gasteiger partial charge < -0.3 is 5.73 Å². The molecule has 0 atom stereocenters. The lowest BCUT2D eigenvalue weighted by Crippen LogP contribution is -2.44. The Kier molecular flexibility index (Phi) is 3.59. The van der Waals surface area contributed by atoms with Gasteiger partial charge in [0.15, 0.2) is 0 Å². The number of hydrogen-bond acceptors (Lipinski definition) is 3. The van der Waals surface area contributed by atoms with E-state index >= 15 is 0 Å². The van der Waals surface area contributed by atoms with Crippen molar-refractivity contribution in [2.24, 2.45) is 10.8 Å². The first-order valence-corrected chi connectivity index (χ1v) is 6.38. The molecule has 0 aliphatic carbocycles. The van der Waals surface area contributed by atoms with Crippen molar-refractivity contribution in [1.29, 1.82) is 0 Å². The van der Waals surface area contributed by atoms with E-state index in [9.17, 15) is 0 Å². The van der Waals surface area contributed by atoms with E-state index in [0.717, 1.165) is 22.3 Å². The van der Waals surface area contributed by atoms with E-state index in [0.29, 0.717) is 5.11 Å². The number of benzene rings is 1. The zero-order valence-corrected chi connectivity index (χ0v) is 12.1. The minimum Gasteiger partial charge on any atom is -0.343 e. The Morgan fingerprint density at radius 2 is 1.89 bits per heavy atom. The number of rotatable bonds is 2. The van der Waals surface area contributed by atoms with Gasteiger partial charge >= 0.3 is 0 Å². The van der Waals surface area contributed by atoms with Crippen molar-refractivity contribution < 1.29 is 4.59 Å². The third-order valence-electron chi connectivity index (χ3n) is 2.91. The number of nitrogens with two attached hydrogens (primary N) is 1. The number of hydrogen-bond donors (Lipinski definition) is 1. The number of para-hydroxylation sites is 1. The van der Waals surface area contributed by atoms with E-state index in [2.05, 4.69) is 10.1 Å². The molecule has 98 valence electrons. The fourth-order valence-corrected chi connectivity index (χ4v) is 1.78. The standard InChI is InChI=1S/C14H16N4S/c1-10(17-18(2,3)14(15)19)12-9-8-11-6-4-5-7-13(11)16-12/h4-9H,1-3H3,(H-,15,19)/p+1/b17-10-. The normalized spacial score (nSPS) is 12.7. The van der Waals surface area contributed by atoms with Crippen LogP contribution >= 0.6 is 12.2 Å². The fraction of sp³-hybridized carbons (Fsp3) is 0.214. The third kappa shape index (κ3) is 2.94. The van der Waals surface area contributed by atoms with Crippen LogP contribution in [0.5, 0.6) is 0 Å². The molecule has 0 bridgehead atoms. The number of pyridine rings is 1. The highest BCUT2D eigenvalue weighted by Crippen LogP contribution is 2.13. The van der Waals surface area contributed by atoms with Crippen LogP contribution in [0.25, 0.3) is 10.9 Å². The smallest absolute Gasteiger partial charge is 0.293 e. The first-order valence-electron chi connectivity index (χ1n) is 5.97.